The zero-order chi connectivity index (χ0) is 18.4. The van der Waals surface area contributed by atoms with E-state index in [2.05, 4.69) is 21.2 Å². The number of methoxy groups -OCH3 is 2. The standard InChI is InChI=1S/C17H15BrFNO5/c1-23-14-6-4-11(8-15(14)24-2)20-16(21)9-25-17(22)12-5-3-10(18)7-13(12)19/h3-8H,9H2,1-2H3,(H,20,21). The van der Waals surface area contributed by atoms with Gasteiger partial charge in [0, 0.05) is 16.2 Å². The van der Waals surface area contributed by atoms with Gasteiger partial charge in [0.1, 0.15) is 5.82 Å². The Kier molecular flexibility index (Phi) is 6.35. The van der Waals surface area contributed by atoms with Crippen LogP contribution in [0.2, 0.25) is 0 Å². The van der Waals surface area contributed by atoms with Crippen LogP contribution in [0.5, 0.6) is 11.5 Å². The summed E-state index contributed by atoms with van der Waals surface area (Å²) < 4.78 is 29.2. The molecule has 0 saturated carbocycles. The number of ether oxygens (including phenoxy) is 3. The molecule has 0 aromatic heterocycles. The lowest BCUT2D eigenvalue weighted by Crippen LogP contribution is -2.21. The molecule has 2 rings (SSSR count). The number of carbonyl (C=O) groups is 2. The molecule has 0 saturated heterocycles. The van der Waals surface area contributed by atoms with Gasteiger partial charge in [0.15, 0.2) is 18.1 Å². The maximum Gasteiger partial charge on any atom is 0.341 e. The molecule has 0 fully saturated rings. The summed E-state index contributed by atoms with van der Waals surface area (Å²) in [6.07, 6.45) is 0. The van der Waals surface area contributed by atoms with E-state index in [-0.39, 0.29) is 5.56 Å². The Morgan fingerprint density at radius 2 is 1.80 bits per heavy atom. The van der Waals surface area contributed by atoms with Gasteiger partial charge in [-0.25, -0.2) is 9.18 Å². The van der Waals surface area contributed by atoms with E-state index in [1.165, 1.54) is 26.4 Å². The van der Waals surface area contributed by atoms with Crippen LogP contribution in [0.4, 0.5) is 10.1 Å². The van der Waals surface area contributed by atoms with E-state index in [0.717, 1.165) is 6.07 Å². The van der Waals surface area contributed by atoms with Gasteiger partial charge in [0.05, 0.1) is 19.8 Å². The van der Waals surface area contributed by atoms with E-state index in [9.17, 15) is 14.0 Å². The van der Waals surface area contributed by atoms with Crippen molar-refractivity contribution in [1.29, 1.82) is 0 Å². The van der Waals surface area contributed by atoms with Gasteiger partial charge in [-0.05, 0) is 30.3 Å². The molecule has 0 spiro atoms. The van der Waals surface area contributed by atoms with E-state index < -0.39 is 24.3 Å². The van der Waals surface area contributed by atoms with Crippen molar-refractivity contribution in [1.82, 2.24) is 0 Å². The zero-order valence-corrected chi connectivity index (χ0v) is 15.1. The molecule has 25 heavy (non-hydrogen) atoms. The van der Waals surface area contributed by atoms with Crippen LogP contribution in [0, 0.1) is 5.82 Å². The van der Waals surface area contributed by atoms with Crippen LogP contribution in [-0.2, 0) is 9.53 Å². The Morgan fingerprint density at radius 1 is 1.08 bits per heavy atom. The minimum absolute atomic E-state index is 0.248. The third kappa shape index (κ3) is 4.93. The minimum Gasteiger partial charge on any atom is -0.493 e. The third-order valence-electron chi connectivity index (χ3n) is 3.15. The summed E-state index contributed by atoms with van der Waals surface area (Å²) >= 11 is 3.09. The Morgan fingerprint density at radius 3 is 2.44 bits per heavy atom. The number of anilines is 1. The monoisotopic (exact) mass is 411 g/mol. The molecule has 8 heteroatoms. The first-order valence-corrected chi connectivity index (χ1v) is 7.88. The molecule has 132 valence electrons. The van der Waals surface area contributed by atoms with Crippen LogP contribution in [0.15, 0.2) is 40.9 Å². The Bertz CT molecular complexity index is 797. The number of nitrogens with one attached hydrogen (secondary N) is 1. The number of carbonyl (C=O) groups excluding carboxylic acids is 2. The number of benzene rings is 2. The number of esters is 1. The molecule has 0 aliphatic carbocycles. The number of hydrogen-bond acceptors (Lipinski definition) is 5. The van der Waals surface area contributed by atoms with Crippen molar-refractivity contribution in [2.75, 3.05) is 26.1 Å². The molecule has 2 aromatic rings. The lowest BCUT2D eigenvalue weighted by Gasteiger charge is -2.11. The van der Waals surface area contributed by atoms with Gasteiger partial charge in [-0.3, -0.25) is 4.79 Å². The number of hydrogen-bond donors (Lipinski definition) is 1. The van der Waals surface area contributed by atoms with E-state index in [0.29, 0.717) is 21.7 Å². The van der Waals surface area contributed by atoms with Gasteiger partial charge in [-0.2, -0.15) is 0 Å². The summed E-state index contributed by atoms with van der Waals surface area (Å²) in [6, 6.07) is 8.71. The van der Waals surface area contributed by atoms with Crippen molar-refractivity contribution in [3.8, 4) is 11.5 Å². The first-order chi connectivity index (χ1) is 11.9. The van der Waals surface area contributed by atoms with E-state index in [1.807, 2.05) is 0 Å². The molecule has 0 radical (unpaired) electrons. The van der Waals surface area contributed by atoms with Gasteiger partial charge in [0.2, 0.25) is 0 Å². The maximum absolute atomic E-state index is 13.7. The second-order valence-electron chi connectivity index (χ2n) is 4.82. The number of halogens is 2. The summed E-state index contributed by atoms with van der Waals surface area (Å²) in [4.78, 5) is 23.7. The quantitative estimate of drug-likeness (QED) is 0.737. The van der Waals surface area contributed by atoms with Gasteiger partial charge in [-0.15, -0.1) is 0 Å². The predicted molar refractivity (Wildman–Crippen MR) is 92.6 cm³/mol. The van der Waals surface area contributed by atoms with Gasteiger partial charge in [0.25, 0.3) is 5.91 Å². The second-order valence-corrected chi connectivity index (χ2v) is 5.73. The molecule has 2 aromatic carbocycles. The van der Waals surface area contributed by atoms with Crippen molar-refractivity contribution in [3.05, 3.63) is 52.3 Å². The lowest BCUT2D eigenvalue weighted by molar-refractivity contribution is -0.119. The van der Waals surface area contributed by atoms with Crippen LogP contribution < -0.4 is 14.8 Å². The highest BCUT2D eigenvalue weighted by Crippen LogP contribution is 2.29. The smallest absolute Gasteiger partial charge is 0.341 e. The Hall–Kier alpha value is -2.61. The molecule has 0 bridgehead atoms. The maximum atomic E-state index is 13.7. The highest BCUT2D eigenvalue weighted by atomic mass is 79.9. The highest BCUT2D eigenvalue weighted by Gasteiger charge is 2.15. The zero-order valence-electron chi connectivity index (χ0n) is 13.5. The molecule has 0 aliphatic rings. The fraction of sp³-hybridized carbons (Fsp3) is 0.176. The van der Waals surface area contributed by atoms with Crippen LogP contribution in [0.25, 0.3) is 0 Å². The van der Waals surface area contributed by atoms with Crippen molar-refractivity contribution in [2.45, 2.75) is 0 Å². The van der Waals surface area contributed by atoms with Crippen LogP contribution in [0.3, 0.4) is 0 Å². The molecule has 6 nitrogen and oxygen atoms in total. The normalized spacial score (nSPS) is 10.1. The second kappa shape index (κ2) is 8.48. The molecule has 1 amide bonds. The van der Waals surface area contributed by atoms with E-state index >= 15 is 0 Å². The van der Waals surface area contributed by atoms with Gasteiger partial charge in [-0.1, -0.05) is 15.9 Å². The molecular formula is C17H15BrFNO5. The Balaban J connectivity index is 1.95. The molecular weight excluding hydrogens is 397 g/mol. The lowest BCUT2D eigenvalue weighted by atomic mass is 10.2. The van der Waals surface area contributed by atoms with E-state index in [1.54, 1.807) is 18.2 Å². The van der Waals surface area contributed by atoms with E-state index in [4.69, 9.17) is 14.2 Å². The molecule has 0 aliphatic heterocycles. The highest BCUT2D eigenvalue weighted by molar-refractivity contribution is 9.10. The summed E-state index contributed by atoms with van der Waals surface area (Å²) in [5.41, 5.74) is 0.190. The van der Waals surface area contributed by atoms with Gasteiger partial charge < -0.3 is 19.5 Å². The fourth-order valence-electron chi connectivity index (χ4n) is 1.97. The van der Waals surface area contributed by atoms with Crippen LogP contribution in [0.1, 0.15) is 10.4 Å². The summed E-state index contributed by atoms with van der Waals surface area (Å²) in [5, 5.41) is 2.55. The average molecular weight is 412 g/mol. The van der Waals surface area contributed by atoms with Crippen molar-refractivity contribution in [3.63, 3.8) is 0 Å². The topological polar surface area (TPSA) is 73.9 Å². The molecule has 0 heterocycles. The SMILES string of the molecule is COc1ccc(NC(=O)COC(=O)c2ccc(Br)cc2F)cc1OC. The average Bonchev–Trinajstić information content (AvgIpc) is 2.59. The molecule has 0 atom stereocenters. The van der Waals surface area contributed by atoms with Gasteiger partial charge >= 0.3 is 5.97 Å². The Labute approximate surface area is 152 Å². The third-order valence-corrected chi connectivity index (χ3v) is 3.65. The first kappa shape index (κ1) is 18.7. The molecule has 1 N–H and O–H groups in total. The number of rotatable bonds is 6. The van der Waals surface area contributed by atoms with Crippen molar-refractivity contribution < 1.29 is 28.2 Å². The largest absolute Gasteiger partial charge is 0.493 e. The van der Waals surface area contributed by atoms with Crippen molar-refractivity contribution >= 4 is 33.5 Å². The predicted octanol–water partition coefficient (Wildman–Crippen LogP) is 3.40. The summed E-state index contributed by atoms with van der Waals surface area (Å²) in [6.45, 7) is -0.553. The minimum atomic E-state index is -0.924. The summed E-state index contributed by atoms with van der Waals surface area (Å²) in [7, 11) is 2.97. The van der Waals surface area contributed by atoms with Crippen molar-refractivity contribution in [2.24, 2.45) is 0 Å². The summed E-state index contributed by atoms with van der Waals surface area (Å²) in [5.74, 6) is -1.28. The number of amides is 1. The fourth-order valence-corrected chi connectivity index (χ4v) is 2.31. The molecule has 0 unspecified atom stereocenters. The van der Waals surface area contributed by atoms with Crippen LogP contribution in [-0.4, -0.2) is 32.7 Å². The van der Waals surface area contributed by atoms with Crippen LogP contribution >= 0.6 is 15.9 Å². The first-order valence-electron chi connectivity index (χ1n) is 7.08.